The number of hydrogen-bond acceptors (Lipinski definition) is 3. The van der Waals surface area contributed by atoms with Crippen molar-refractivity contribution in [3.63, 3.8) is 0 Å². The van der Waals surface area contributed by atoms with Gasteiger partial charge in [0.05, 0.1) is 5.56 Å². The van der Waals surface area contributed by atoms with E-state index in [4.69, 9.17) is 9.84 Å². The number of benzene rings is 1. The Balaban J connectivity index is 2.51. The Bertz CT molecular complexity index is 331. The first kappa shape index (κ1) is 12.5. The fourth-order valence-corrected chi connectivity index (χ4v) is 1.27. The highest BCUT2D eigenvalue weighted by Gasteiger charge is 2.06. The van der Waals surface area contributed by atoms with Crippen LogP contribution in [-0.2, 0) is 0 Å². The molecule has 1 atom stereocenters. The molecule has 4 heteroatoms. The highest BCUT2D eigenvalue weighted by atomic mass is 16.6. The first-order valence-corrected chi connectivity index (χ1v) is 5.31. The molecule has 1 unspecified atom stereocenters. The predicted octanol–water partition coefficient (Wildman–Crippen LogP) is 2.27. The normalized spacial score (nSPS) is 12.1. The Morgan fingerprint density at radius 2 is 2.00 bits per heavy atom. The van der Waals surface area contributed by atoms with E-state index < -0.39 is 12.3 Å². The Labute approximate surface area is 94.5 Å². The lowest BCUT2D eigenvalue weighted by molar-refractivity contribution is -0.0243. The number of carbonyl (C=O) groups is 1. The zero-order valence-electron chi connectivity index (χ0n) is 9.22. The van der Waals surface area contributed by atoms with Gasteiger partial charge in [0.2, 0.25) is 0 Å². The van der Waals surface area contributed by atoms with Gasteiger partial charge in [-0.15, -0.1) is 0 Å². The lowest BCUT2D eigenvalue weighted by atomic mass is 10.2. The van der Waals surface area contributed by atoms with Crippen molar-refractivity contribution in [3.05, 3.63) is 29.8 Å². The molecule has 0 radical (unpaired) electrons. The summed E-state index contributed by atoms with van der Waals surface area (Å²) < 4.78 is 5.21. The number of aliphatic hydroxyl groups excluding tert-OH is 1. The van der Waals surface area contributed by atoms with Gasteiger partial charge in [0, 0.05) is 6.42 Å². The Morgan fingerprint density at radius 1 is 1.38 bits per heavy atom. The second-order valence-corrected chi connectivity index (χ2v) is 3.54. The van der Waals surface area contributed by atoms with Gasteiger partial charge in [-0.2, -0.15) is 0 Å². The van der Waals surface area contributed by atoms with Crippen molar-refractivity contribution in [3.8, 4) is 5.75 Å². The van der Waals surface area contributed by atoms with Gasteiger partial charge in [0.25, 0.3) is 0 Å². The van der Waals surface area contributed by atoms with Gasteiger partial charge in [-0.05, 0) is 30.7 Å². The van der Waals surface area contributed by atoms with E-state index in [0.29, 0.717) is 12.2 Å². The van der Waals surface area contributed by atoms with E-state index in [1.807, 2.05) is 6.92 Å². The van der Waals surface area contributed by atoms with Crippen LogP contribution < -0.4 is 4.74 Å². The molecule has 0 spiro atoms. The monoisotopic (exact) mass is 224 g/mol. The minimum atomic E-state index is -0.974. The minimum Gasteiger partial charge on any atom is -0.478 e. The van der Waals surface area contributed by atoms with Crippen molar-refractivity contribution in [1.82, 2.24) is 0 Å². The molecule has 0 aliphatic heterocycles. The van der Waals surface area contributed by atoms with Crippen LogP contribution in [0.4, 0.5) is 0 Å². The summed E-state index contributed by atoms with van der Waals surface area (Å²) in [5.41, 5.74) is 0.204. The van der Waals surface area contributed by atoms with Crippen molar-refractivity contribution in [2.45, 2.75) is 32.5 Å². The van der Waals surface area contributed by atoms with E-state index in [0.717, 1.165) is 12.8 Å². The van der Waals surface area contributed by atoms with Crippen LogP contribution in [0.3, 0.4) is 0 Å². The molecule has 16 heavy (non-hydrogen) atoms. The second kappa shape index (κ2) is 6.12. The summed E-state index contributed by atoms with van der Waals surface area (Å²) in [7, 11) is 0. The lowest BCUT2D eigenvalue weighted by Crippen LogP contribution is -2.15. The Kier molecular flexibility index (Phi) is 4.79. The lowest BCUT2D eigenvalue weighted by Gasteiger charge is -2.12. The van der Waals surface area contributed by atoms with Crippen molar-refractivity contribution in [2.75, 3.05) is 0 Å². The van der Waals surface area contributed by atoms with Crippen LogP contribution in [0.5, 0.6) is 5.75 Å². The van der Waals surface area contributed by atoms with E-state index in [-0.39, 0.29) is 5.56 Å². The second-order valence-electron chi connectivity index (χ2n) is 3.54. The maximum atomic E-state index is 10.6. The number of ether oxygens (including phenoxy) is 1. The number of carboxylic acids is 1. The third kappa shape index (κ3) is 3.90. The minimum absolute atomic E-state index is 0.204. The highest BCUT2D eigenvalue weighted by molar-refractivity contribution is 5.87. The van der Waals surface area contributed by atoms with Crippen molar-refractivity contribution < 1.29 is 19.7 Å². The average molecular weight is 224 g/mol. The first-order chi connectivity index (χ1) is 7.63. The summed E-state index contributed by atoms with van der Waals surface area (Å²) in [6.07, 6.45) is 1.65. The van der Waals surface area contributed by atoms with E-state index in [2.05, 4.69) is 0 Å². The Hall–Kier alpha value is -1.55. The number of unbranched alkanes of at least 4 members (excludes halogenated alkanes) is 1. The zero-order valence-corrected chi connectivity index (χ0v) is 9.22. The maximum absolute atomic E-state index is 10.6. The van der Waals surface area contributed by atoms with E-state index in [1.54, 1.807) is 12.1 Å². The van der Waals surface area contributed by atoms with Crippen molar-refractivity contribution in [1.29, 1.82) is 0 Å². The van der Waals surface area contributed by atoms with Gasteiger partial charge in [0.15, 0.2) is 6.29 Å². The molecule has 0 heterocycles. The molecule has 0 aliphatic carbocycles. The molecule has 0 saturated heterocycles. The molecule has 1 rings (SSSR count). The molecule has 0 amide bonds. The largest absolute Gasteiger partial charge is 0.478 e. The number of aliphatic hydroxyl groups is 1. The molecular formula is C12H16O4. The van der Waals surface area contributed by atoms with Crippen LogP contribution in [0.1, 0.15) is 36.5 Å². The molecule has 1 aromatic carbocycles. The average Bonchev–Trinajstić information content (AvgIpc) is 2.27. The van der Waals surface area contributed by atoms with E-state index in [1.165, 1.54) is 12.1 Å². The van der Waals surface area contributed by atoms with Crippen LogP contribution in [0.2, 0.25) is 0 Å². The van der Waals surface area contributed by atoms with Gasteiger partial charge < -0.3 is 14.9 Å². The molecule has 0 aromatic heterocycles. The molecule has 0 saturated carbocycles. The summed E-state index contributed by atoms with van der Waals surface area (Å²) in [5.74, 6) is -0.494. The first-order valence-electron chi connectivity index (χ1n) is 5.31. The maximum Gasteiger partial charge on any atom is 0.335 e. The van der Waals surface area contributed by atoms with Gasteiger partial charge in [0.1, 0.15) is 5.75 Å². The fraction of sp³-hybridized carbons (Fsp3) is 0.417. The SMILES string of the molecule is CCCCC(O)Oc1ccc(C(=O)O)cc1. The van der Waals surface area contributed by atoms with Gasteiger partial charge in [-0.25, -0.2) is 4.79 Å². The van der Waals surface area contributed by atoms with Crippen LogP contribution in [0, 0.1) is 0 Å². The number of carboxylic acid groups (broad SMARTS) is 1. The summed E-state index contributed by atoms with van der Waals surface area (Å²) in [6, 6.07) is 5.98. The zero-order chi connectivity index (χ0) is 12.0. The Morgan fingerprint density at radius 3 is 2.50 bits per heavy atom. The molecular weight excluding hydrogens is 208 g/mol. The van der Waals surface area contributed by atoms with Crippen LogP contribution >= 0.6 is 0 Å². The third-order valence-corrected chi connectivity index (χ3v) is 2.18. The van der Waals surface area contributed by atoms with Crippen molar-refractivity contribution in [2.24, 2.45) is 0 Å². The number of hydrogen-bond donors (Lipinski definition) is 2. The standard InChI is InChI=1S/C12H16O4/c1-2-3-4-11(13)16-10-7-5-9(6-8-10)12(14)15/h5-8,11,13H,2-4H2,1H3,(H,14,15). The summed E-state index contributed by atoms with van der Waals surface area (Å²) >= 11 is 0. The van der Waals surface area contributed by atoms with E-state index in [9.17, 15) is 9.90 Å². The van der Waals surface area contributed by atoms with Crippen LogP contribution in [0.25, 0.3) is 0 Å². The number of aromatic carboxylic acids is 1. The molecule has 88 valence electrons. The highest BCUT2D eigenvalue weighted by Crippen LogP contribution is 2.15. The smallest absolute Gasteiger partial charge is 0.335 e. The molecule has 4 nitrogen and oxygen atoms in total. The third-order valence-electron chi connectivity index (χ3n) is 2.18. The molecule has 0 fully saturated rings. The molecule has 2 N–H and O–H groups in total. The topological polar surface area (TPSA) is 66.8 Å². The fourth-order valence-electron chi connectivity index (χ4n) is 1.27. The summed E-state index contributed by atoms with van der Waals surface area (Å²) in [6.45, 7) is 2.04. The van der Waals surface area contributed by atoms with Crippen molar-refractivity contribution >= 4 is 5.97 Å². The summed E-state index contributed by atoms with van der Waals surface area (Å²) in [5, 5.41) is 18.2. The quantitative estimate of drug-likeness (QED) is 0.727. The van der Waals surface area contributed by atoms with E-state index >= 15 is 0 Å². The van der Waals surface area contributed by atoms with Gasteiger partial charge >= 0.3 is 5.97 Å². The van der Waals surface area contributed by atoms with Gasteiger partial charge in [-0.3, -0.25) is 0 Å². The molecule has 1 aromatic rings. The molecule has 0 aliphatic rings. The molecule has 0 bridgehead atoms. The van der Waals surface area contributed by atoms with Crippen LogP contribution in [0.15, 0.2) is 24.3 Å². The van der Waals surface area contributed by atoms with Gasteiger partial charge in [-0.1, -0.05) is 13.3 Å². The van der Waals surface area contributed by atoms with Crippen LogP contribution in [-0.4, -0.2) is 22.5 Å². The summed E-state index contributed by atoms with van der Waals surface area (Å²) in [4.78, 5) is 10.6. The number of rotatable bonds is 6. The predicted molar refractivity (Wildman–Crippen MR) is 59.6 cm³/mol.